The van der Waals surface area contributed by atoms with Crippen molar-refractivity contribution in [2.24, 2.45) is 0 Å². The van der Waals surface area contributed by atoms with Gasteiger partial charge in [0, 0.05) is 10.4 Å². The van der Waals surface area contributed by atoms with Gasteiger partial charge in [0.2, 0.25) is 0 Å². The Labute approximate surface area is 142 Å². The van der Waals surface area contributed by atoms with Crippen LogP contribution in [0.3, 0.4) is 0 Å². The van der Waals surface area contributed by atoms with Crippen molar-refractivity contribution in [3.8, 4) is 11.5 Å². The molecule has 0 saturated heterocycles. The van der Waals surface area contributed by atoms with E-state index in [-0.39, 0.29) is 6.04 Å². The average molecular weight is 391 g/mol. The fraction of sp³-hybridized carbons (Fsp3) is 0.333. The van der Waals surface area contributed by atoms with Gasteiger partial charge in [0.1, 0.15) is 16.0 Å². The third-order valence-corrected chi connectivity index (χ3v) is 5.16. The second kappa shape index (κ2) is 7.49. The molecule has 114 valence electrons. The maximum absolute atomic E-state index is 6.07. The predicted molar refractivity (Wildman–Crippen MR) is 92.1 cm³/mol. The zero-order valence-electron chi connectivity index (χ0n) is 12.1. The van der Waals surface area contributed by atoms with Crippen molar-refractivity contribution in [3.63, 3.8) is 0 Å². The van der Waals surface area contributed by atoms with Crippen molar-refractivity contribution in [3.05, 3.63) is 43.5 Å². The fourth-order valence-electron chi connectivity index (χ4n) is 2.20. The lowest BCUT2D eigenvalue weighted by atomic mass is 10.0. The minimum Gasteiger partial charge on any atom is -0.495 e. The predicted octanol–water partition coefficient (Wildman–Crippen LogP) is 4.88. The lowest BCUT2D eigenvalue weighted by Crippen LogP contribution is -2.21. The van der Waals surface area contributed by atoms with Crippen LogP contribution >= 0.6 is 38.9 Å². The van der Waals surface area contributed by atoms with Gasteiger partial charge in [0.05, 0.1) is 24.6 Å². The third-order valence-electron chi connectivity index (χ3n) is 3.11. The normalized spacial score (nSPS) is 12.2. The van der Waals surface area contributed by atoms with E-state index in [9.17, 15) is 0 Å². The molecule has 1 aromatic carbocycles. The van der Waals surface area contributed by atoms with Crippen LogP contribution in [-0.4, -0.2) is 20.8 Å². The first-order valence-electron chi connectivity index (χ1n) is 6.51. The molecule has 0 fully saturated rings. The monoisotopic (exact) mass is 389 g/mol. The molecule has 0 aliphatic heterocycles. The Kier molecular flexibility index (Phi) is 5.93. The van der Waals surface area contributed by atoms with Gasteiger partial charge in [-0.15, -0.1) is 11.3 Å². The summed E-state index contributed by atoms with van der Waals surface area (Å²) in [5, 5.41) is 3.48. The first-order valence-corrected chi connectivity index (χ1v) is 8.50. The molecule has 3 nitrogen and oxygen atoms in total. The SMILES string of the molecule is CCNC(c1ccc(Cl)s1)c1ccc(OC)c(Br)c1OC. The summed E-state index contributed by atoms with van der Waals surface area (Å²) in [6.07, 6.45) is 0. The highest BCUT2D eigenvalue weighted by Gasteiger charge is 2.22. The van der Waals surface area contributed by atoms with Gasteiger partial charge in [-0.1, -0.05) is 18.5 Å². The molecule has 0 saturated carbocycles. The first-order chi connectivity index (χ1) is 10.1. The number of halogens is 2. The maximum atomic E-state index is 6.07. The minimum absolute atomic E-state index is 0.0321. The zero-order chi connectivity index (χ0) is 15.4. The molecule has 0 aliphatic rings. The van der Waals surface area contributed by atoms with Gasteiger partial charge in [-0.2, -0.15) is 0 Å². The number of thiophene rings is 1. The summed E-state index contributed by atoms with van der Waals surface area (Å²) in [4.78, 5) is 1.15. The molecular weight excluding hydrogens is 374 g/mol. The van der Waals surface area contributed by atoms with Gasteiger partial charge in [0.15, 0.2) is 0 Å². The fourth-order valence-corrected chi connectivity index (χ4v) is 4.04. The van der Waals surface area contributed by atoms with Crippen LogP contribution in [0.4, 0.5) is 0 Å². The Morgan fingerprint density at radius 2 is 2.00 bits per heavy atom. The Hall–Kier alpha value is -0.750. The maximum Gasteiger partial charge on any atom is 0.141 e. The van der Waals surface area contributed by atoms with E-state index >= 15 is 0 Å². The molecule has 0 bridgehead atoms. The van der Waals surface area contributed by atoms with E-state index in [1.165, 1.54) is 0 Å². The van der Waals surface area contributed by atoms with E-state index < -0.39 is 0 Å². The van der Waals surface area contributed by atoms with Gasteiger partial charge in [0.25, 0.3) is 0 Å². The summed E-state index contributed by atoms with van der Waals surface area (Å²) in [5.41, 5.74) is 1.05. The Bertz CT molecular complexity index is 618. The van der Waals surface area contributed by atoms with Crippen molar-refractivity contribution in [2.45, 2.75) is 13.0 Å². The van der Waals surface area contributed by atoms with Gasteiger partial charge in [-0.3, -0.25) is 0 Å². The molecule has 2 aromatic rings. The van der Waals surface area contributed by atoms with Gasteiger partial charge in [-0.25, -0.2) is 0 Å². The van der Waals surface area contributed by atoms with Crippen LogP contribution in [0.25, 0.3) is 0 Å². The second-order valence-corrected chi connectivity index (χ2v) is 6.88. The van der Waals surface area contributed by atoms with Crippen molar-refractivity contribution in [1.82, 2.24) is 5.32 Å². The molecule has 0 spiro atoms. The van der Waals surface area contributed by atoms with Crippen LogP contribution in [0.15, 0.2) is 28.7 Å². The van der Waals surface area contributed by atoms with E-state index in [1.54, 1.807) is 25.6 Å². The van der Waals surface area contributed by atoms with E-state index in [4.69, 9.17) is 21.1 Å². The highest BCUT2D eigenvalue weighted by molar-refractivity contribution is 9.10. The number of hydrogen-bond acceptors (Lipinski definition) is 4. The molecule has 2 rings (SSSR count). The summed E-state index contributed by atoms with van der Waals surface area (Å²) in [7, 11) is 3.30. The largest absolute Gasteiger partial charge is 0.495 e. The molecule has 1 unspecified atom stereocenters. The van der Waals surface area contributed by atoms with Crippen LogP contribution in [0.1, 0.15) is 23.4 Å². The Morgan fingerprint density at radius 3 is 2.52 bits per heavy atom. The van der Waals surface area contributed by atoms with Gasteiger partial charge in [-0.05, 0) is 46.7 Å². The van der Waals surface area contributed by atoms with E-state index in [2.05, 4.69) is 28.2 Å². The number of nitrogens with one attached hydrogen (secondary N) is 1. The summed E-state index contributed by atoms with van der Waals surface area (Å²) < 4.78 is 12.5. The molecule has 1 heterocycles. The van der Waals surface area contributed by atoms with E-state index in [0.29, 0.717) is 0 Å². The molecule has 0 aliphatic carbocycles. The summed E-state index contributed by atoms with van der Waals surface area (Å²) in [5.74, 6) is 1.51. The van der Waals surface area contributed by atoms with Crippen molar-refractivity contribution >= 4 is 38.9 Å². The van der Waals surface area contributed by atoms with Gasteiger partial charge < -0.3 is 14.8 Å². The van der Waals surface area contributed by atoms with Crippen molar-refractivity contribution < 1.29 is 9.47 Å². The minimum atomic E-state index is 0.0321. The quantitative estimate of drug-likeness (QED) is 0.762. The number of ether oxygens (including phenoxy) is 2. The van der Waals surface area contributed by atoms with Crippen molar-refractivity contribution in [1.29, 1.82) is 0 Å². The van der Waals surface area contributed by atoms with E-state index in [1.807, 2.05) is 24.3 Å². The molecule has 1 aromatic heterocycles. The third kappa shape index (κ3) is 3.54. The molecule has 1 atom stereocenters. The Morgan fingerprint density at radius 1 is 1.24 bits per heavy atom. The van der Waals surface area contributed by atoms with Crippen LogP contribution in [0, 0.1) is 0 Å². The molecular formula is C15H17BrClNO2S. The smallest absolute Gasteiger partial charge is 0.141 e. The topological polar surface area (TPSA) is 30.5 Å². The van der Waals surface area contributed by atoms with E-state index in [0.717, 1.165) is 37.3 Å². The lowest BCUT2D eigenvalue weighted by Gasteiger charge is -2.21. The number of hydrogen-bond donors (Lipinski definition) is 1. The van der Waals surface area contributed by atoms with Crippen LogP contribution in [-0.2, 0) is 0 Å². The molecule has 6 heteroatoms. The average Bonchev–Trinajstić information content (AvgIpc) is 2.91. The summed E-state index contributed by atoms with van der Waals surface area (Å²) in [6, 6.07) is 7.93. The summed E-state index contributed by atoms with van der Waals surface area (Å²) >= 11 is 11.2. The number of methoxy groups -OCH3 is 2. The number of benzene rings is 1. The van der Waals surface area contributed by atoms with Gasteiger partial charge >= 0.3 is 0 Å². The molecule has 1 N–H and O–H groups in total. The standard InChI is InChI=1S/C15H17BrClNO2S/c1-4-18-14(11-7-8-12(17)21-11)9-5-6-10(19-2)13(16)15(9)20-3/h5-8,14,18H,4H2,1-3H3. The zero-order valence-corrected chi connectivity index (χ0v) is 15.2. The van der Waals surface area contributed by atoms with Crippen molar-refractivity contribution in [2.75, 3.05) is 20.8 Å². The van der Waals surface area contributed by atoms with Crippen LogP contribution in [0.2, 0.25) is 4.34 Å². The summed E-state index contributed by atoms with van der Waals surface area (Å²) in [6.45, 7) is 2.92. The number of rotatable bonds is 6. The van der Waals surface area contributed by atoms with Crippen LogP contribution < -0.4 is 14.8 Å². The highest BCUT2D eigenvalue weighted by atomic mass is 79.9. The second-order valence-electron chi connectivity index (χ2n) is 4.34. The Balaban J connectivity index is 2.52. The molecule has 21 heavy (non-hydrogen) atoms. The first kappa shape index (κ1) is 16.6. The molecule has 0 amide bonds. The van der Waals surface area contributed by atoms with Crippen LogP contribution in [0.5, 0.6) is 11.5 Å². The molecule has 0 radical (unpaired) electrons. The lowest BCUT2D eigenvalue weighted by molar-refractivity contribution is 0.383. The highest BCUT2D eigenvalue weighted by Crippen LogP contribution is 2.42.